The Bertz CT molecular complexity index is 1260. The van der Waals surface area contributed by atoms with Gasteiger partial charge >= 0.3 is 6.03 Å². The van der Waals surface area contributed by atoms with Crippen LogP contribution in [0.25, 0.3) is 17.1 Å². The average molecular weight is 459 g/mol. The number of hydrogen-bond acceptors (Lipinski definition) is 6. The number of para-hydroxylation sites is 1. The molecular formula is C24H22N6O2S. The van der Waals surface area contributed by atoms with Crippen molar-refractivity contribution in [1.29, 1.82) is 0 Å². The van der Waals surface area contributed by atoms with Crippen LogP contribution in [-0.4, -0.2) is 38.7 Å². The first-order valence-corrected chi connectivity index (χ1v) is 11.1. The van der Waals surface area contributed by atoms with Gasteiger partial charge < -0.3 is 5.32 Å². The molecule has 2 aromatic heterocycles. The molecule has 2 heterocycles. The first-order valence-electron chi connectivity index (χ1n) is 10.2. The highest BCUT2D eigenvalue weighted by Crippen LogP contribution is 2.38. The number of hydrogen-bond donors (Lipinski definition) is 2. The van der Waals surface area contributed by atoms with Crippen molar-refractivity contribution in [3.8, 4) is 17.1 Å². The van der Waals surface area contributed by atoms with E-state index in [0.717, 1.165) is 22.4 Å². The lowest BCUT2D eigenvalue weighted by atomic mass is 10.1. The minimum Gasteiger partial charge on any atom is -0.341 e. The number of carbonyl (C=O) groups is 2. The van der Waals surface area contributed by atoms with Gasteiger partial charge in [-0.15, -0.1) is 10.2 Å². The molecule has 0 spiro atoms. The van der Waals surface area contributed by atoms with Gasteiger partial charge in [0, 0.05) is 25.0 Å². The summed E-state index contributed by atoms with van der Waals surface area (Å²) < 4.78 is 1.93. The van der Waals surface area contributed by atoms with Crippen molar-refractivity contribution in [2.45, 2.75) is 17.3 Å². The van der Waals surface area contributed by atoms with Crippen molar-refractivity contribution < 1.29 is 9.59 Å². The first-order chi connectivity index (χ1) is 16.1. The molecule has 8 nitrogen and oxygen atoms in total. The van der Waals surface area contributed by atoms with E-state index in [2.05, 4.69) is 25.8 Å². The maximum absolute atomic E-state index is 13.1. The Hall–Kier alpha value is -3.98. The summed E-state index contributed by atoms with van der Waals surface area (Å²) in [6.45, 7) is 2.01. The standard InChI is InChI=1S/C24H22N6O2S/c1-16-8-6-7-11-19(16)30-21(18-12-14-26-15-13-18)28-29-24(30)33-20(17-9-4-3-5-10-17)22(31)27-23(32)25-2/h3-15,20H,1-2H3,(H2,25,27,31,32)/t20-/m1/s1. The molecule has 0 aliphatic heterocycles. The number of benzene rings is 2. The minimum absolute atomic E-state index is 0.449. The van der Waals surface area contributed by atoms with E-state index >= 15 is 0 Å². The first kappa shape index (κ1) is 22.2. The topological polar surface area (TPSA) is 102 Å². The van der Waals surface area contributed by atoms with Gasteiger partial charge in [-0.25, -0.2) is 4.79 Å². The summed E-state index contributed by atoms with van der Waals surface area (Å²) in [4.78, 5) is 29.0. The fourth-order valence-electron chi connectivity index (χ4n) is 3.31. The summed E-state index contributed by atoms with van der Waals surface area (Å²) in [5.74, 6) is 0.183. The van der Waals surface area contributed by atoms with Crippen LogP contribution in [0, 0.1) is 6.92 Å². The highest BCUT2D eigenvalue weighted by atomic mass is 32.2. The third-order valence-electron chi connectivity index (χ3n) is 4.96. The Morgan fingerprint density at radius 3 is 2.33 bits per heavy atom. The second kappa shape index (κ2) is 10.1. The number of nitrogens with zero attached hydrogens (tertiary/aromatic N) is 4. The van der Waals surface area contributed by atoms with Gasteiger partial charge in [0.15, 0.2) is 11.0 Å². The van der Waals surface area contributed by atoms with Crippen LogP contribution in [-0.2, 0) is 4.79 Å². The molecule has 9 heteroatoms. The van der Waals surface area contributed by atoms with Crippen molar-refractivity contribution in [3.63, 3.8) is 0 Å². The van der Waals surface area contributed by atoms with Crippen molar-refractivity contribution in [2.24, 2.45) is 0 Å². The van der Waals surface area contributed by atoms with E-state index in [0.29, 0.717) is 11.0 Å². The predicted molar refractivity (Wildman–Crippen MR) is 127 cm³/mol. The summed E-state index contributed by atoms with van der Waals surface area (Å²) >= 11 is 1.23. The molecule has 0 fully saturated rings. The number of imide groups is 1. The molecule has 4 rings (SSSR count). The molecule has 2 N–H and O–H groups in total. The van der Waals surface area contributed by atoms with Gasteiger partial charge in [-0.05, 0) is 36.2 Å². The molecule has 0 saturated carbocycles. The summed E-state index contributed by atoms with van der Waals surface area (Å²) in [7, 11) is 1.46. The molecule has 0 radical (unpaired) electrons. The van der Waals surface area contributed by atoms with Crippen LogP contribution in [0.4, 0.5) is 4.79 Å². The van der Waals surface area contributed by atoms with Crippen LogP contribution in [0.5, 0.6) is 0 Å². The van der Waals surface area contributed by atoms with E-state index in [1.807, 2.05) is 78.2 Å². The highest BCUT2D eigenvalue weighted by Gasteiger charge is 2.28. The van der Waals surface area contributed by atoms with Crippen LogP contribution in [0.3, 0.4) is 0 Å². The van der Waals surface area contributed by atoms with Gasteiger partial charge in [0.1, 0.15) is 5.25 Å². The van der Waals surface area contributed by atoms with E-state index < -0.39 is 17.2 Å². The monoisotopic (exact) mass is 458 g/mol. The largest absolute Gasteiger partial charge is 0.341 e. The van der Waals surface area contributed by atoms with Crippen LogP contribution >= 0.6 is 11.8 Å². The molecule has 2 aromatic carbocycles. The third kappa shape index (κ3) is 4.93. The summed E-state index contributed by atoms with van der Waals surface area (Å²) in [6, 6.07) is 20.3. The Labute approximate surface area is 195 Å². The molecule has 33 heavy (non-hydrogen) atoms. The lowest BCUT2D eigenvalue weighted by Crippen LogP contribution is -2.39. The molecule has 166 valence electrons. The second-order valence-corrected chi connectivity index (χ2v) is 8.21. The van der Waals surface area contributed by atoms with Gasteiger partial charge in [0.25, 0.3) is 0 Å². The molecule has 1 atom stereocenters. The van der Waals surface area contributed by atoms with E-state index in [4.69, 9.17) is 0 Å². The van der Waals surface area contributed by atoms with Crippen LogP contribution < -0.4 is 10.6 Å². The van der Waals surface area contributed by atoms with Crippen molar-refractivity contribution in [1.82, 2.24) is 30.4 Å². The zero-order chi connectivity index (χ0) is 23.2. The molecule has 0 saturated heterocycles. The third-order valence-corrected chi connectivity index (χ3v) is 6.15. The van der Waals surface area contributed by atoms with E-state index in [1.54, 1.807) is 12.4 Å². The van der Waals surface area contributed by atoms with Gasteiger partial charge in [0.05, 0.1) is 5.69 Å². The number of thioether (sulfide) groups is 1. The maximum Gasteiger partial charge on any atom is 0.321 e. The smallest absolute Gasteiger partial charge is 0.321 e. The number of aryl methyl sites for hydroxylation is 1. The number of pyridine rings is 1. The number of urea groups is 1. The number of amides is 3. The molecule has 0 unspecified atom stereocenters. The Balaban J connectivity index is 1.81. The van der Waals surface area contributed by atoms with Crippen molar-refractivity contribution >= 4 is 23.7 Å². The zero-order valence-corrected chi connectivity index (χ0v) is 18.9. The van der Waals surface area contributed by atoms with E-state index in [9.17, 15) is 9.59 Å². The Kier molecular flexibility index (Phi) is 6.80. The SMILES string of the molecule is CNC(=O)NC(=O)[C@H](Sc1nnc(-c2ccncc2)n1-c1ccccc1C)c1ccccc1. The quantitative estimate of drug-likeness (QED) is 0.425. The fourth-order valence-corrected chi connectivity index (χ4v) is 4.36. The van der Waals surface area contributed by atoms with Crippen LogP contribution in [0.2, 0.25) is 0 Å². The molecule has 0 bridgehead atoms. The van der Waals surface area contributed by atoms with Gasteiger partial charge in [-0.3, -0.25) is 19.7 Å². The molecule has 3 amide bonds. The second-order valence-electron chi connectivity index (χ2n) is 7.14. The number of rotatable bonds is 6. The van der Waals surface area contributed by atoms with Crippen LogP contribution in [0.15, 0.2) is 84.3 Å². The fraction of sp³-hybridized carbons (Fsp3) is 0.125. The summed E-state index contributed by atoms with van der Waals surface area (Å²) in [5, 5.41) is 13.5. The van der Waals surface area contributed by atoms with E-state index in [-0.39, 0.29) is 0 Å². The molecule has 0 aliphatic carbocycles. The van der Waals surface area contributed by atoms with Crippen molar-refractivity contribution in [3.05, 3.63) is 90.3 Å². The number of carbonyl (C=O) groups excluding carboxylic acids is 2. The van der Waals surface area contributed by atoms with Gasteiger partial charge in [0.2, 0.25) is 5.91 Å². The number of nitrogens with one attached hydrogen (secondary N) is 2. The van der Waals surface area contributed by atoms with E-state index in [1.165, 1.54) is 18.8 Å². The lowest BCUT2D eigenvalue weighted by molar-refractivity contribution is -0.119. The van der Waals surface area contributed by atoms with Gasteiger partial charge in [-0.1, -0.05) is 60.3 Å². The predicted octanol–water partition coefficient (Wildman–Crippen LogP) is 3.93. The Morgan fingerprint density at radius 1 is 0.939 bits per heavy atom. The molecule has 4 aromatic rings. The van der Waals surface area contributed by atoms with Crippen LogP contribution in [0.1, 0.15) is 16.4 Å². The summed E-state index contributed by atoms with van der Waals surface area (Å²) in [6.07, 6.45) is 3.39. The Morgan fingerprint density at radius 2 is 1.64 bits per heavy atom. The molecular weight excluding hydrogens is 436 g/mol. The van der Waals surface area contributed by atoms with Gasteiger partial charge in [-0.2, -0.15) is 0 Å². The highest BCUT2D eigenvalue weighted by molar-refractivity contribution is 8.00. The molecule has 0 aliphatic rings. The van der Waals surface area contributed by atoms with Crippen molar-refractivity contribution in [2.75, 3.05) is 7.05 Å². The minimum atomic E-state index is -0.722. The normalized spacial score (nSPS) is 11.6. The summed E-state index contributed by atoms with van der Waals surface area (Å²) in [5.41, 5.74) is 3.52. The zero-order valence-electron chi connectivity index (χ0n) is 18.1. The average Bonchev–Trinajstić information content (AvgIpc) is 3.27. The lowest BCUT2D eigenvalue weighted by Gasteiger charge is -2.18. The number of aromatic nitrogens is 4. The maximum atomic E-state index is 13.1.